The van der Waals surface area contributed by atoms with Crippen LogP contribution in [-0.2, 0) is 6.18 Å². The van der Waals surface area contributed by atoms with E-state index in [9.17, 15) is 18.0 Å². The summed E-state index contributed by atoms with van der Waals surface area (Å²) in [5, 5.41) is 11.8. The SMILES string of the molecule is C[C@@H]1CCCN(C(=O)c2ccc(Cl)cc2-n2nccn2)[C@@H]1CNc1ccc(C(F)(F)F)cn1. The van der Waals surface area contributed by atoms with Crippen molar-refractivity contribution in [3.63, 3.8) is 0 Å². The van der Waals surface area contributed by atoms with Gasteiger partial charge in [-0.1, -0.05) is 18.5 Å². The number of alkyl halides is 3. The fourth-order valence-electron chi connectivity index (χ4n) is 4.03. The van der Waals surface area contributed by atoms with Gasteiger partial charge in [-0.25, -0.2) is 4.98 Å². The second-order valence-corrected chi connectivity index (χ2v) is 8.41. The van der Waals surface area contributed by atoms with Crippen molar-refractivity contribution in [2.45, 2.75) is 32.0 Å². The van der Waals surface area contributed by atoms with Crippen LogP contribution in [0.2, 0.25) is 5.02 Å². The second-order valence-electron chi connectivity index (χ2n) is 7.98. The molecule has 3 heterocycles. The average Bonchev–Trinajstić information content (AvgIpc) is 3.32. The lowest BCUT2D eigenvalue weighted by Crippen LogP contribution is -2.51. The van der Waals surface area contributed by atoms with Crippen LogP contribution in [0.3, 0.4) is 0 Å². The van der Waals surface area contributed by atoms with E-state index in [1.807, 2.05) is 0 Å². The highest BCUT2D eigenvalue weighted by molar-refractivity contribution is 6.31. The molecule has 0 aliphatic carbocycles. The number of anilines is 1. The summed E-state index contributed by atoms with van der Waals surface area (Å²) < 4.78 is 38.4. The summed E-state index contributed by atoms with van der Waals surface area (Å²) in [6.07, 6.45) is 1.18. The van der Waals surface area contributed by atoms with Crippen LogP contribution in [0, 0.1) is 5.92 Å². The number of likely N-dealkylation sites (tertiary alicyclic amines) is 1. The topological polar surface area (TPSA) is 75.9 Å². The Morgan fingerprint density at radius 3 is 2.64 bits per heavy atom. The molecule has 11 heteroatoms. The Balaban J connectivity index is 1.55. The van der Waals surface area contributed by atoms with Crippen molar-refractivity contribution in [3.8, 4) is 5.69 Å². The van der Waals surface area contributed by atoms with Crippen molar-refractivity contribution >= 4 is 23.3 Å². The minimum Gasteiger partial charge on any atom is -0.368 e. The summed E-state index contributed by atoms with van der Waals surface area (Å²) in [6, 6.07) is 7.05. The predicted octanol–water partition coefficient (Wildman–Crippen LogP) is 4.69. The van der Waals surface area contributed by atoms with Gasteiger partial charge < -0.3 is 10.2 Å². The van der Waals surface area contributed by atoms with Gasteiger partial charge in [0.2, 0.25) is 0 Å². The van der Waals surface area contributed by atoms with E-state index >= 15 is 0 Å². The molecule has 0 radical (unpaired) electrons. The van der Waals surface area contributed by atoms with Crippen molar-refractivity contribution in [2.24, 2.45) is 5.92 Å². The van der Waals surface area contributed by atoms with Gasteiger partial charge in [0, 0.05) is 24.3 Å². The standard InChI is InChI=1S/C22H22ClF3N6O/c1-14-3-2-10-31(19(14)13-28-20-7-4-15(12-27-20)22(24,25)26)21(33)17-6-5-16(23)11-18(17)32-29-8-9-30-32/h4-9,11-12,14,19H,2-3,10,13H2,1H3,(H,27,28)/t14-,19-/m1/s1. The van der Waals surface area contributed by atoms with Crippen molar-refractivity contribution in [1.29, 1.82) is 0 Å². The number of piperidine rings is 1. The predicted molar refractivity (Wildman–Crippen MR) is 117 cm³/mol. The highest BCUT2D eigenvalue weighted by Crippen LogP contribution is 2.30. The smallest absolute Gasteiger partial charge is 0.368 e. The molecule has 174 valence electrons. The number of rotatable bonds is 5. The summed E-state index contributed by atoms with van der Waals surface area (Å²) in [5.74, 6) is 0.321. The molecule has 4 rings (SSSR count). The van der Waals surface area contributed by atoms with E-state index in [1.165, 1.54) is 23.3 Å². The second kappa shape index (κ2) is 9.38. The van der Waals surface area contributed by atoms with Crippen LogP contribution in [0.25, 0.3) is 5.69 Å². The molecule has 1 amide bonds. The Labute approximate surface area is 193 Å². The van der Waals surface area contributed by atoms with Crippen LogP contribution >= 0.6 is 11.6 Å². The number of nitrogens with one attached hydrogen (secondary N) is 1. The van der Waals surface area contributed by atoms with Gasteiger partial charge >= 0.3 is 6.18 Å². The van der Waals surface area contributed by atoms with E-state index in [1.54, 1.807) is 23.1 Å². The number of amides is 1. The quantitative estimate of drug-likeness (QED) is 0.576. The first-order valence-electron chi connectivity index (χ1n) is 10.5. The lowest BCUT2D eigenvalue weighted by molar-refractivity contribution is -0.137. The zero-order valence-corrected chi connectivity index (χ0v) is 18.5. The Hall–Kier alpha value is -3.14. The third-order valence-corrected chi connectivity index (χ3v) is 6.02. The number of aromatic nitrogens is 4. The number of hydrogen-bond acceptors (Lipinski definition) is 5. The van der Waals surface area contributed by atoms with Gasteiger partial charge in [0.15, 0.2) is 0 Å². The van der Waals surface area contributed by atoms with E-state index in [4.69, 9.17) is 11.6 Å². The molecule has 1 N–H and O–H groups in total. The van der Waals surface area contributed by atoms with E-state index < -0.39 is 11.7 Å². The zero-order valence-electron chi connectivity index (χ0n) is 17.8. The van der Waals surface area contributed by atoms with E-state index in [2.05, 4.69) is 27.4 Å². The molecule has 1 aromatic carbocycles. The third kappa shape index (κ3) is 5.11. The number of benzene rings is 1. The largest absolute Gasteiger partial charge is 0.417 e. The van der Waals surface area contributed by atoms with Gasteiger partial charge in [-0.3, -0.25) is 4.79 Å². The monoisotopic (exact) mass is 478 g/mol. The Bertz CT molecular complexity index is 1100. The number of halogens is 4. The first-order chi connectivity index (χ1) is 15.7. The van der Waals surface area contributed by atoms with Gasteiger partial charge in [0.1, 0.15) is 5.82 Å². The summed E-state index contributed by atoms with van der Waals surface area (Å²) in [7, 11) is 0. The Morgan fingerprint density at radius 2 is 1.97 bits per heavy atom. The van der Waals surface area contributed by atoms with Crippen molar-refractivity contribution in [2.75, 3.05) is 18.4 Å². The lowest BCUT2D eigenvalue weighted by atomic mass is 9.90. The van der Waals surface area contributed by atoms with Gasteiger partial charge in [-0.15, -0.1) is 0 Å². The van der Waals surface area contributed by atoms with Crippen molar-refractivity contribution in [1.82, 2.24) is 24.9 Å². The molecular weight excluding hydrogens is 457 g/mol. The lowest BCUT2D eigenvalue weighted by Gasteiger charge is -2.40. The molecule has 7 nitrogen and oxygen atoms in total. The minimum absolute atomic E-state index is 0.176. The molecule has 0 unspecified atom stereocenters. The normalized spacial score (nSPS) is 18.9. The van der Waals surface area contributed by atoms with Gasteiger partial charge in [-0.05, 0) is 49.1 Å². The van der Waals surface area contributed by atoms with Crippen LogP contribution in [-0.4, -0.2) is 49.9 Å². The van der Waals surface area contributed by atoms with Crippen molar-refractivity contribution in [3.05, 3.63) is 65.1 Å². The maximum Gasteiger partial charge on any atom is 0.417 e. The van der Waals surface area contributed by atoms with E-state index in [0.717, 1.165) is 25.1 Å². The van der Waals surface area contributed by atoms with E-state index in [-0.39, 0.29) is 17.9 Å². The highest BCUT2D eigenvalue weighted by atomic mass is 35.5. The first-order valence-corrected chi connectivity index (χ1v) is 10.9. The highest BCUT2D eigenvalue weighted by Gasteiger charge is 2.34. The number of carbonyl (C=O) groups is 1. The van der Waals surface area contributed by atoms with Crippen LogP contribution in [0.5, 0.6) is 0 Å². The molecule has 1 aliphatic heterocycles. The number of nitrogens with zero attached hydrogens (tertiary/aromatic N) is 5. The van der Waals surface area contributed by atoms with Crippen LogP contribution in [0.4, 0.5) is 19.0 Å². The number of hydrogen-bond donors (Lipinski definition) is 1. The Kier molecular flexibility index (Phi) is 6.55. The van der Waals surface area contributed by atoms with E-state index in [0.29, 0.717) is 35.2 Å². The molecule has 33 heavy (non-hydrogen) atoms. The fraction of sp³-hybridized carbons (Fsp3) is 0.364. The summed E-state index contributed by atoms with van der Waals surface area (Å²) in [5.41, 5.74) is 0.0904. The molecule has 1 aliphatic rings. The molecule has 3 aromatic rings. The molecule has 0 saturated carbocycles. The summed E-state index contributed by atoms with van der Waals surface area (Å²) in [4.78, 5) is 20.6. The van der Waals surface area contributed by atoms with Crippen LogP contribution in [0.15, 0.2) is 48.9 Å². The van der Waals surface area contributed by atoms with Crippen molar-refractivity contribution < 1.29 is 18.0 Å². The van der Waals surface area contributed by atoms with Gasteiger partial charge in [0.05, 0.1) is 35.2 Å². The Morgan fingerprint density at radius 1 is 1.21 bits per heavy atom. The molecule has 2 aromatic heterocycles. The molecule has 2 atom stereocenters. The maximum absolute atomic E-state index is 13.6. The molecule has 0 spiro atoms. The third-order valence-electron chi connectivity index (χ3n) is 5.78. The summed E-state index contributed by atoms with van der Waals surface area (Å²) in [6.45, 7) is 2.97. The van der Waals surface area contributed by atoms with Crippen LogP contribution in [0.1, 0.15) is 35.7 Å². The molecule has 0 bridgehead atoms. The summed E-state index contributed by atoms with van der Waals surface area (Å²) >= 11 is 6.15. The zero-order chi connectivity index (χ0) is 23.6. The first kappa shape index (κ1) is 23.0. The van der Waals surface area contributed by atoms with Crippen LogP contribution < -0.4 is 5.32 Å². The fourth-order valence-corrected chi connectivity index (χ4v) is 4.20. The molecular formula is C22H22ClF3N6O. The van der Waals surface area contributed by atoms with Gasteiger partial charge in [-0.2, -0.15) is 28.2 Å². The minimum atomic E-state index is -4.44. The van der Waals surface area contributed by atoms with Gasteiger partial charge in [0.25, 0.3) is 5.91 Å². The average molecular weight is 479 g/mol. The number of carbonyl (C=O) groups excluding carboxylic acids is 1. The number of pyridine rings is 1. The molecule has 1 saturated heterocycles. The maximum atomic E-state index is 13.6. The molecule has 1 fully saturated rings.